The number of fused-ring (bicyclic) bond motifs is 1. The third-order valence-electron chi connectivity index (χ3n) is 4.88. The Bertz CT molecular complexity index is 1220. The van der Waals surface area contributed by atoms with Gasteiger partial charge in [0, 0.05) is 10.9 Å². The fraction of sp³-hybridized carbons (Fsp3) is 0.190. The van der Waals surface area contributed by atoms with Gasteiger partial charge in [0.2, 0.25) is 0 Å². The summed E-state index contributed by atoms with van der Waals surface area (Å²) >= 11 is 0. The molecule has 5 nitrogen and oxygen atoms in total. The van der Waals surface area contributed by atoms with E-state index in [-0.39, 0.29) is 17.9 Å². The molecule has 0 spiro atoms. The van der Waals surface area contributed by atoms with Crippen LogP contribution < -0.4 is 5.56 Å². The van der Waals surface area contributed by atoms with Gasteiger partial charge in [0.1, 0.15) is 11.3 Å². The summed E-state index contributed by atoms with van der Waals surface area (Å²) in [5, 5.41) is 9.47. The minimum Gasteiger partial charge on any atom is -0.265 e. The van der Waals surface area contributed by atoms with Crippen molar-refractivity contribution in [3.8, 4) is 5.69 Å². The third kappa shape index (κ3) is 2.93. The highest BCUT2D eigenvalue weighted by atomic mass is 19.1. The molecule has 0 aliphatic carbocycles. The molecule has 2 aromatic heterocycles. The molecule has 0 aliphatic rings. The molecule has 0 aliphatic heterocycles. The van der Waals surface area contributed by atoms with E-state index in [1.54, 1.807) is 29.1 Å². The Morgan fingerprint density at radius 3 is 2.56 bits per heavy atom. The normalized spacial score (nSPS) is 11.3. The van der Waals surface area contributed by atoms with E-state index in [0.29, 0.717) is 22.2 Å². The van der Waals surface area contributed by atoms with E-state index in [2.05, 4.69) is 10.2 Å². The fourth-order valence-corrected chi connectivity index (χ4v) is 3.17. The van der Waals surface area contributed by atoms with E-state index in [0.717, 1.165) is 11.3 Å². The lowest BCUT2D eigenvalue weighted by Gasteiger charge is -2.10. The maximum absolute atomic E-state index is 14.0. The molecule has 27 heavy (non-hydrogen) atoms. The Balaban J connectivity index is 1.91. The van der Waals surface area contributed by atoms with Gasteiger partial charge in [-0.1, -0.05) is 24.3 Å². The number of aryl methyl sites for hydroxylation is 3. The molecule has 0 N–H and O–H groups in total. The van der Waals surface area contributed by atoms with Gasteiger partial charge in [-0.05, 0) is 50.1 Å². The highest BCUT2D eigenvalue weighted by Gasteiger charge is 2.16. The van der Waals surface area contributed by atoms with E-state index in [4.69, 9.17) is 0 Å². The van der Waals surface area contributed by atoms with E-state index < -0.39 is 0 Å². The van der Waals surface area contributed by atoms with Crippen LogP contribution in [0.25, 0.3) is 16.6 Å². The van der Waals surface area contributed by atoms with Gasteiger partial charge in [0.05, 0.1) is 24.1 Å². The van der Waals surface area contributed by atoms with Gasteiger partial charge in [-0.3, -0.25) is 4.79 Å². The van der Waals surface area contributed by atoms with Crippen molar-refractivity contribution >= 4 is 10.9 Å². The summed E-state index contributed by atoms with van der Waals surface area (Å²) in [5.74, 6) is -0.355. The predicted octanol–water partition coefficient (Wildman–Crippen LogP) is 3.69. The van der Waals surface area contributed by atoms with Crippen LogP contribution in [0.5, 0.6) is 0 Å². The summed E-state index contributed by atoms with van der Waals surface area (Å²) in [5.41, 5.74) is 4.35. The molecule has 0 saturated carbocycles. The lowest BCUT2D eigenvalue weighted by atomic mass is 10.1. The standard InChI is InChI=1S/C21H19FN4O/c1-13-8-9-17(10-14(13)2)26-20-18(11-23-26)15(3)24-25(21(20)27)12-16-6-4-5-7-19(16)22/h4-11H,12H2,1-3H3. The molecule has 0 unspecified atom stereocenters. The van der Waals surface area contributed by atoms with Gasteiger partial charge in [-0.15, -0.1) is 0 Å². The van der Waals surface area contributed by atoms with Crippen molar-refractivity contribution in [2.45, 2.75) is 27.3 Å². The fourth-order valence-electron chi connectivity index (χ4n) is 3.17. The van der Waals surface area contributed by atoms with Gasteiger partial charge < -0.3 is 0 Å². The summed E-state index contributed by atoms with van der Waals surface area (Å²) in [7, 11) is 0. The number of hydrogen-bond acceptors (Lipinski definition) is 3. The quantitative estimate of drug-likeness (QED) is 0.558. The second-order valence-corrected chi connectivity index (χ2v) is 6.73. The van der Waals surface area contributed by atoms with E-state index in [9.17, 15) is 9.18 Å². The number of aromatic nitrogens is 4. The van der Waals surface area contributed by atoms with Crippen LogP contribution in [-0.2, 0) is 6.54 Å². The Kier molecular flexibility index (Phi) is 4.11. The lowest BCUT2D eigenvalue weighted by molar-refractivity contribution is 0.571. The van der Waals surface area contributed by atoms with Crippen molar-refractivity contribution in [3.05, 3.63) is 87.2 Å². The zero-order valence-corrected chi connectivity index (χ0v) is 15.4. The summed E-state index contributed by atoms with van der Waals surface area (Å²) in [6.07, 6.45) is 1.65. The molecule has 6 heteroatoms. The van der Waals surface area contributed by atoms with E-state index >= 15 is 0 Å². The number of benzene rings is 2. The lowest BCUT2D eigenvalue weighted by Crippen LogP contribution is -2.26. The monoisotopic (exact) mass is 362 g/mol. The second kappa shape index (κ2) is 6.46. The van der Waals surface area contributed by atoms with Crippen molar-refractivity contribution in [2.24, 2.45) is 0 Å². The molecular weight excluding hydrogens is 343 g/mol. The maximum atomic E-state index is 14.0. The van der Waals surface area contributed by atoms with Crippen molar-refractivity contribution in [3.63, 3.8) is 0 Å². The molecule has 4 rings (SSSR count). The summed E-state index contributed by atoms with van der Waals surface area (Å²) in [4.78, 5) is 13.1. The predicted molar refractivity (Wildman–Crippen MR) is 103 cm³/mol. The van der Waals surface area contributed by atoms with Crippen molar-refractivity contribution in [1.82, 2.24) is 19.6 Å². The molecule has 2 heterocycles. The molecule has 136 valence electrons. The van der Waals surface area contributed by atoms with E-state index in [1.165, 1.54) is 16.3 Å². The topological polar surface area (TPSA) is 52.7 Å². The molecule has 0 radical (unpaired) electrons. The Morgan fingerprint density at radius 1 is 1.04 bits per heavy atom. The minimum absolute atomic E-state index is 0.0698. The highest BCUT2D eigenvalue weighted by molar-refractivity contribution is 5.81. The molecule has 0 amide bonds. The first-order chi connectivity index (χ1) is 13.0. The molecule has 0 atom stereocenters. The zero-order valence-electron chi connectivity index (χ0n) is 15.4. The van der Waals surface area contributed by atoms with Crippen LogP contribution in [0.2, 0.25) is 0 Å². The minimum atomic E-state index is -0.355. The van der Waals surface area contributed by atoms with E-state index in [1.807, 2.05) is 39.0 Å². The number of nitrogens with zero attached hydrogens (tertiary/aromatic N) is 4. The summed E-state index contributed by atoms with van der Waals surface area (Å²) < 4.78 is 17.0. The number of hydrogen-bond donors (Lipinski definition) is 0. The maximum Gasteiger partial charge on any atom is 0.293 e. The van der Waals surface area contributed by atoms with Gasteiger partial charge in [-0.25, -0.2) is 13.8 Å². The summed E-state index contributed by atoms with van der Waals surface area (Å²) in [6.45, 7) is 5.95. The number of rotatable bonds is 3. The van der Waals surface area contributed by atoms with Crippen LogP contribution in [0.4, 0.5) is 4.39 Å². The molecule has 0 saturated heterocycles. The van der Waals surface area contributed by atoms with Crippen LogP contribution in [0.1, 0.15) is 22.4 Å². The van der Waals surface area contributed by atoms with Crippen LogP contribution in [0.3, 0.4) is 0 Å². The number of halogens is 1. The Labute approximate surface area is 155 Å². The van der Waals surface area contributed by atoms with Crippen LogP contribution >= 0.6 is 0 Å². The van der Waals surface area contributed by atoms with Crippen LogP contribution in [0.15, 0.2) is 53.5 Å². The molecule has 2 aromatic carbocycles. The first-order valence-electron chi connectivity index (χ1n) is 8.72. The first-order valence-corrected chi connectivity index (χ1v) is 8.72. The zero-order chi connectivity index (χ0) is 19.1. The van der Waals surface area contributed by atoms with Gasteiger partial charge in [-0.2, -0.15) is 10.2 Å². The van der Waals surface area contributed by atoms with Crippen LogP contribution in [0, 0.1) is 26.6 Å². The van der Waals surface area contributed by atoms with Gasteiger partial charge >= 0.3 is 0 Å². The summed E-state index contributed by atoms with van der Waals surface area (Å²) in [6, 6.07) is 12.3. The van der Waals surface area contributed by atoms with Crippen molar-refractivity contribution < 1.29 is 4.39 Å². The molecule has 0 fully saturated rings. The average molecular weight is 362 g/mol. The average Bonchev–Trinajstić information content (AvgIpc) is 3.09. The SMILES string of the molecule is Cc1ccc(-n2ncc3c(C)nn(Cc4ccccc4F)c(=O)c32)cc1C. The third-order valence-corrected chi connectivity index (χ3v) is 4.88. The van der Waals surface area contributed by atoms with Gasteiger partial charge in [0.15, 0.2) is 0 Å². The molecule has 4 aromatic rings. The van der Waals surface area contributed by atoms with Crippen molar-refractivity contribution in [1.29, 1.82) is 0 Å². The second-order valence-electron chi connectivity index (χ2n) is 6.73. The smallest absolute Gasteiger partial charge is 0.265 e. The Morgan fingerprint density at radius 2 is 1.81 bits per heavy atom. The highest BCUT2D eigenvalue weighted by Crippen LogP contribution is 2.19. The van der Waals surface area contributed by atoms with Crippen LogP contribution in [-0.4, -0.2) is 19.6 Å². The first kappa shape index (κ1) is 17.1. The van der Waals surface area contributed by atoms with Gasteiger partial charge in [0.25, 0.3) is 5.56 Å². The molecule has 0 bridgehead atoms. The molecular formula is C21H19FN4O. The largest absolute Gasteiger partial charge is 0.293 e. The van der Waals surface area contributed by atoms with Crippen molar-refractivity contribution in [2.75, 3.05) is 0 Å². The Hall–Kier alpha value is -3.28.